The lowest BCUT2D eigenvalue weighted by atomic mass is 10.1. The minimum absolute atomic E-state index is 0.0488. The molecule has 2 rings (SSSR count). The molecule has 16 heavy (non-hydrogen) atoms. The Morgan fingerprint density at radius 2 is 2.06 bits per heavy atom. The summed E-state index contributed by atoms with van der Waals surface area (Å²) in [5.74, 6) is 0.711. The van der Waals surface area contributed by atoms with Gasteiger partial charge in [0.2, 0.25) is 5.75 Å². The fourth-order valence-electron chi connectivity index (χ4n) is 1.63. The van der Waals surface area contributed by atoms with Crippen LogP contribution >= 0.6 is 0 Å². The van der Waals surface area contributed by atoms with E-state index in [4.69, 9.17) is 15.2 Å². The summed E-state index contributed by atoms with van der Waals surface area (Å²) in [6, 6.07) is 3.27. The van der Waals surface area contributed by atoms with Crippen LogP contribution in [0.25, 0.3) is 0 Å². The number of aromatic hydroxyl groups is 1. The fraction of sp³-hybridized carbons (Fsp3) is 0.455. The number of phenolic OH excluding ortho intramolecular Hbond substituents is 1. The summed E-state index contributed by atoms with van der Waals surface area (Å²) in [7, 11) is 0. The minimum atomic E-state index is -0.892. The van der Waals surface area contributed by atoms with E-state index in [2.05, 4.69) is 0 Å². The van der Waals surface area contributed by atoms with E-state index in [1.165, 1.54) is 0 Å². The molecule has 0 amide bonds. The second kappa shape index (κ2) is 4.59. The smallest absolute Gasteiger partial charge is 0.203 e. The lowest BCUT2D eigenvalue weighted by Gasteiger charge is -2.15. The molecule has 1 aliphatic rings. The third-order valence-electron chi connectivity index (χ3n) is 2.50. The minimum Gasteiger partial charge on any atom is -0.504 e. The molecule has 1 heterocycles. The Hall–Kier alpha value is -1.46. The molecule has 0 fully saturated rings. The average Bonchev–Trinajstić information content (AvgIpc) is 2.54. The highest BCUT2D eigenvalue weighted by molar-refractivity contribution is 5.55. The molecular formula is C11H15NO4. The van der Waals surface area contributed by atoms with Crippen LogP contribution in [0, 0.1) is 0 Å². The van der Waals surface area contributed by atoms with Crippen LogP contribution in [0.3, 0.4) is 0 Å². The number of benzene rings is 1. The molecule has 1 atom stereocenters. The number of aliphatic hydroxyl groups excluding tert-OH is 1. The van der Waals surface area contributed by atoms with Crippen LogP contribution < -0.4 is 15.2 Å². The predicted molar refractivity (Wildman–Crippen MR) is 57.7 cm³/mol. The van der Waals surface area contributed by atoms with Crippen molar-refractivity contribution in [1.82, 2.24) is 0 Å². The number of fused-ring (bicyclic) bond motifs is 1. The summed E-state index contributed by atoms with van der Waals surface area (Å²) in [6.45, 7) is 1.10. The van der Waals surface area contributed by atoms with Crippen LogP contribution in [0.4, 0.5) is 0 Å². The lowest BCUT2D eigenvalue weighted by molar-refractivity contribution is 0.181. The topological polar surface area (TPSA) is 84.9 Å². The van der Waals surface area contributed by atoms with Crippen LogP contribution in [-0.2, 0) is 0 Å². The monoisotopic (exact) mass is 225 g/mol. The molecule has 0 bridgehead atoms. The quantitative estimate of drug-likeness (QED) is 0.684. The summed E-state index contributed by atoms with van der Waals surface area (Å²) in [4.78, 5) is 0. The highest BCUT2D eigenvalue weighted by Gasteiger charge is 2.20. The van der Waals surface area contributed by atoms with Gasteiger partial charge >= 0.3 is 0 Å². The summed E-state index contributed by atoms with van der Waals surface area (Å²) in [5.41, 5.74) is 5.71. The molecule has 0 aliphatic carbocycles. The summed E-state index contributed by atoms with van der Waals surface area (Å²) < 4.78 is 10.8. The Labute approximate surface area is 93.4 Å². The van der Waals surface area contributed by atoms with E-state index in [0.717, 1.165) is 6.42 Å². The van der Waals surface area contributed by atoms with Gasteiger partial charge < -0.3 is 25.4 Å². The average molecular weight is 225 g/mol. The number of ether oxygens (including phenoxy) is 2. The Morgan fingerprint density at radius 1 is 1.31 bits per heavy atom. The van der Waals surface area contributed by atoms with Gasteiger partial charge in [0.15, 0.2) is 11.5 Å². The standard InChI is InChI=1S/C11H15NO4/c12-6-8(13)7-2-3-9-11(10(7)14)16-5-1-4-15-9/h2-3,8,13-14H,1,4-6,12H2. The van der Waals surface area contributed by atoms with Crippen molar-refractivity contribution < 1.29 is 19.7 Å². The zero-order chi connectivity index (χ0) is 11.5. The van der Waals surface area contributed by atoms with Crippen molar-refractivity contribution in [3.8, 4) is 17.2 Å². The van der Waals surface area contributed by atoms with Crippen molar-refractivity contribution in [2.75, 3.05) is 19.8 Å². The van der Waals surface area contributed by atoms with Crippen LogP contribution in [0.15, 0.2) is 12.1 Å². The zero-order valence-corrected chi connectivity index (χ0v) is 8.85. The second-order valence-electron chi connectivity index (χ2n) is 3.63. The summed E-state index contributed by atoms with van der Waals surface area (Å²) in [5, 5.41) is 19.5. The molecular weight excluding hydrogens is 210 g/mol. The molecule has 1 aromatic rings. The Balaban J connectivity index is 2.41. The van der Waals surface area contributed by atoms with E-state index in [-0.39, 0.29) is 12.3 Å². The van der Waals surface area contributed by atoms with Crippen LogP contribution in [0.1, 0.15) is 18.1 Å². The first-order chi connectivity index (χ1) is 7.74. The molecule has 5 heteroatoms. The highest BCUT2D eigenvalue weighted by Crippen LogP contribution is 2.42. The van der Waals surface area contributed by atoms with Gasteiger partial charge in [-0.05, 0) is 12.1 Å². The lowest BCUT2D eigenvalue weighted by Crippen LogP contribution is -2.12. The van der Waals surface area contributed by atoms with Crippen molar-refractivity contribution in [3.05, 3.63) is 17.7 Å². The molecule has 0 radical (unpaired) electrons. The van der Waals surface area contributed by atoms with Gasteiger partial charge in [0.05, 0.1) is 19.3 Å². The van der Waals surface area contributed by atoms with Crippen molar-refractivity contribution in [3.63, 3.8) is 0 Å². The maximum atomic E-state index is 9.94. The summed E-state index contributed by atoms with van der Waals surface area (Å²) >= 11 is 0. The van der Waals surface area contributed by atoms with Crippen LogP contribution in [0.2, 0.25) is 0 Å². The van der Waals surface area contributed by atoms with Gasteiger partial charge in [-0.3, -0.25) is 0 Å². The largest absolute Gasteiger partial charge is 0.504 e. The van der Waals surface area contributed by atoms with Crippen molar-refractivity contribution in [2.45, 2.75) is 12.5 Å². The molecule has 88 valence electrons. The van der Waals surface area contributed by atoms with Crippen molar-refractivity contribution in [1.29, 1.82) is 0 Å². The number of hydrogen-bond acceptors (Lipinski definition) is 5. The highest BCUT2D eigenvalue weighted by atomic mass is 16.5. The van der Waals surface area contributed by atoms with E-state index in [9.17, 15) is 10.2 Å². The first-order valence-corrected chi connectivity index (χ1v) is 5.23. The summed E-state index contributed by atoms with van der Waals surface area (Å²) in [6.07, 6.45) is -0.125. The predicted octanol–water partition coefficient (Wildman–Crippen LogP) is 0.546. The maximum absolute atomic E-state index is 9.94. The molecule has 1 unspecified atom stereocenters. The molecule has 1 aliphatic heterocycles. The Morgan fingerprint density at radius 3 is 2.81 bits per heavy atom. The molecule has 0 saturated carbocycles. The van der Waals surface area contributed by atoms with E-state index in [1.54, 1.807) is 12.1 Å². The molecule has 0 spiro atoms. The molecule has 1 aromatic carbocycles. The normalized spacial score (nSPS) is 16.6. The van der Waals surface area contributed by atoms with E-state index in [0.29, 0.717) is 30.3 Å². The number of aliphatic hydroxyl groups is 1. The van der Waals surface area contributed by atoms with Gasteiger partial charge in [-0.15, -0.1) is 0 Å². The zero-order valence-electron chi connectivity index (χ0n) is 8.85. The van der Waals surface area contributed by atoms with Crippen LogP contribution in [0.5, 0.6) is 17.2 Å². The van der Waals surface area contributed by atoms with Crippen molar-refractivity contribution in [2.24, 2.45) is 5.73 Å². The maximum Gasteiger partial charge on any atom is 0.203 e. The first kappa shape index (κ1) is 11.0. The third kappa shape index (κ3) is 1.91. The van der Waals surface area contributed by atoms with Gasteiger partial charge in [-0.2, -0.15) is 0 Å². The number of nitrogens with two attached hydrogens (primary N) is 1. The number of hydrogen-bond donors (Lipinski definition) is 3. The molecule has 0 saturated heterocycles. The van der Waals surface area contributed by atoms with E-state index >= 15 is 0 Å². The molecule has 5 nitrogen and oxygen atoms in total. The molecule has 4 N–H and O–H groups in total. The van der Waals surface area contributed by atoms with Gasteiger partial charge in [-0.1, -0.05) is 0 Å². The van der Waals surface area contributed by atoms with Gasteiger partial charge in [0.25, 0.3) is 0 Å². The third-order valence-corrected chi connectivity index (χ3v) is 2.50. The number of phenols is 1. The SMILES string of the molecule is NCC(O)c1ccc2c(c1O)OCCCO2. The fourth-order valence-corrected chi connectivity index (χ4v) is 1.63. The van der Waals surface area contributed by atoms with Gasteiger partial charge in [0.1, 0.15) is 0 Å². The van der Waals surface area contributed by atoms with Gasteiger partial charge in [-0.25, -0.2) is 0 Å². The Bertz CT molecular complexity index is 380. The van der Waals surface area contributed by atoms with Crippen LogP contribution in [-0.4, -0.2) is 30.0 Å². The Kier molecular flexibility index (Phi) is 3.17. The first-order valence-electron chi connectivity index (χ1n) is 5.23. The number of rotatable bonds is 2. The molecule has 0 aromatic heterocycles. The van der Waals surface area contributed by atoms with Gasteiger partial charge in [0, 0.05) is 18.5 Å². The van der Waals surface area contributed by atoms with E-state index in [1.807, 2.05) is 0 Å². The van der Waals surface area contributed by atoms with Crippen molar-refractivity contribution >= 4 is 0 Å². The van der Waals surface area contributed by atoms with E-state index < -0.39 is 6.10 Å². The second-order valence-corrected chi connectivity index (χ2v) is 3.63.